The quantitative estimate of drug-likeness (QED) is 0.445. The highest BCUT2D eigenvalue weighted by atomic mass is 35.5. The van der Waals surface area contributed by atoms with E-state index in [1.165, 1.54) is 0 Å². The van der Waals surface area contributed by atoms with Gasteiger partial charge in [0.2, 0.25) is 0 Å². The summed E-state index contributed by atoms with van der Waals surface area (Å²) >= 11 is 6.21. The number of amides is 1. The Labute approximate surface area is 176 Å². The monoisotopic (exact) mass is 409 g/mol. The van der Waals surface area contributed by atoms with Crippen LogP contribution in [-0.2, 0) is 0 Å². The van der Waals surface area contributed by atoms with Crippen molar-refractivity contribution in [3.05, 3.63) is 82.9 Å². The van der Waals surface area contributed by atoms with Crippen molar-refractivity contribution in [3.63, 3.8) is 0 Å². The number of nitrogens with one attached hydrogen (secondary N) is 3. The van der Waals surface area contributed by atoms with Gasteiger partial charge >= 0.3 is 0 Å². The maximum Gasteiger partial charge on any atom is 0.257 e. The van der Waals surface area contributed by atoms with E-state index >= 15 is 0 Å². The molecule has 0 unspecified atom stereocenters. The summed E-state index contributed by atoms with van der Waals surface area (Å²) in [6, 6.07) is 20.3. The second kappa shape index (κ2) is 9.96. The molecule has 6 heteroatoms. The molecule has 0 fully saturated rings. The predicted octanol–water partition coefficient (Wildman–Crippen LogP) is 5.24. The van der Waals surface area contributed by atoms with Crippen molar-refractivity contribution >= 4 is 34.6 Å². The first kappa shape index (κ1) is 20.7. The van der Waals surface area contributed by atoms with Crippen LogP contribution >= 0.6 is 11.6 Å². The topological polar surface area (TPSA) is 62.4 Å². The fourth-order valence-corrected chi connectivity index (χ4v) is 2.96. The molecular formula is C23H24ClN3O2. The lowest BCUT2D eigenvalue weighted by atomic mass is 10.1. The number of hydrogen-bond donors (Lipinski definition) is 3. The minimum Gasteiger partial charge on any atom is -0.492 e. The minimum atomic E-state index is -0.198. The van der Waals surface area contributed by atoms with E-state index in [9.17, 15) is 4.79 Å². The third-order valence-corrected chi connectivity index (χ3v) is 4.85. The highest BCUT2D eigenvalue weighted by molar-refractivity contribution is 6.31. The van der Waals surface area contributed by atoms with Gasteiger partial charge in [-0.05, 0) is 68.1 Å². The summed E-state index contributed by atoms with van der Waals surface area (Å²) in [5.74, 6) is 0.563. The average molecular weight is 410 g/mol. The number of para-hydroxylation sites is 1. The van der Waals surface area contributed by atoms with E-state index < -0.39 is 0 Å². The Morgan fingerprint density at radius 2 is 1.69 bits per heavy atom. The minimum absolute atomic E-state index is 0.198. The highest BCUT2D eigenvalue weighted by Crippen LogP contribution is 2.28. The summed E-state index contributed by atoms with van der Waals surface area (Å²) in [6.07, 6.45) is 0. The fraction of sp³-hybridized carbons (Fsp3) is 0.174. The van der Waals surface area contributed by atoms with Crippen molar-refractivity contribution in [2.24, 2.45) is 0 Å². The number of anilines is 3. The summed E-state index contributed by atoms with van der Waals surface area (Å²) in [4.78, 5) is 12.9. The molecule has 3 N–H and O–H groups in total. The normalized spacial score (nSPS) is 10.4. The van der Waals surface area contributed by atoms with E-state index in [2.05, 4.69) is 16.0 Å². The SMILES string of the molecule is CNCCOc1ccc(NC(=O)c2ccccc2Nc2cccc(Cl)c2C)cc1. The van der Waals surface area contributed by atoms with E-state index in [1.807, 2.05) is 74.6 Å². The number of hydrogen-bond acceptors (Lipinski definition) is 4. The van der Waals surface area contributed by atoms with Gasteiger partial charge in [0.05, 0.1) is 11.3 Å². The Balaban J connectivity index is 1.72. The van der Waals surface area contributed by atoms with Gasteiger partial charge in [0.25, 0.3) is 5.91 Å². The number of halogens is 1. The summed E-state index contributed by atoms with van der Waals surface area (Å²) in [5, 5.41) is 9.95. The van der Waals surface area contributed by atoms with E-state index in [-0.39, 0.29) is 5.91 Å². The van der Waals surface area contributed by atoms with E-state index in [4.69, 9.17) is 16.3 Å². The predicted molar refractivity (Wildman–Crippen MR) is 120 cm³/mol. The van der Waals surface area contributed by atoms with Crippen LogP contribution < -0.4 is 20.7 Å². The molecule has 0 aliphatic heterocycles. The molecule has 0 aliphatic carbocycles. The molecule has 29 heavy (non-hydrogen) atoms. The Kier molecular flexibility index (Phi) is 7.11. The molecule has 1 amide bonds. The molecule has 5 nitrogen and oxygen atoms in total. The van der Waals surface area contributed by atoms with Crippen LogP contribution in [0.1, 0.15) is 15.9 Å². The van der Waals surface area contributed by atoms with Crippen LogP contribution in [0.15, 0.2) is 66.7 Å². The summed E-state index contributed by atoms with van der Waals surface area (Å²) in [5.41, 5.74) is 3.74. The van der Waals surface area contributed by atoms with E-state index in [0.717, 1.165) is 23.5 Å². The Hall–Kier alpha value is -3.02. The Morgan fingerprint density at radius 3 is 2.45 bits per heavy atom. The third kappa shape index (κ3) is 5.50. The van der Waals surface area contributed by atoms with Crippen molar-refractivity contribution in [1.29, 1.82) is 0 Å². The smallest absolute Gasteiger partial charge is 0.257 e. The molecule has 0 aliphatic rings. The maximum absolute atomic E-state index is 12.9. The van der Waals surface area contributed by atoms with Gasteiger partial charge in [-0.2, -0.15) is 0 Å². The summed E-state index contributed by atoms with van der Waals surface area (Å²) < 4.78 is 5.60. The van der Waals surface area contributed by atoms with Gasteiger partial charge in [-0.1, -0.05) is 29.8 Å². The first-order valence-corrected chi connectivity index (χ1v) is 9.76. The molecule has 0 bridgehead atoms. The molecule has 0 aromatic heterocycles. The molecule has 3 aromatic rings. The van der Waals surface area contributed by atoms with Crippen LogP contribution in [-0.4, -0.2) is 26.1 Å². The van der Waals surface area contributed by atoms with Gasteiger partial charge in [0, 0.05) is 22.9 Å². The van der Waals surface area contributed by atoms with Crippen LogP contribution in [0.4, 0.5) is 17.1 Å². The van der Waals surface area contributed by atoms with Gasteiger partial charge in [-0.25, -0.2) is 0 Å². The lowest BCUT2D eigenvalue weighted by molar-refractivity contribution is 0.102. The molecular weight excluding hydrogens is 386 g/mol. The van der Waals surface area contributed by atoms with Crippen molar-refractivity contribution in [1.82, 2.24) is 5.32 Å². The van der Waals surface area contributed by atoms with E-state index in [0.29, 0.717) is 28.6 Å². The standard InChI is InChI=1S/C23H24ClN3O2/c1-16-20(24)7-5-9-21(16)27-22-8-4-3-6-19(22)23(28)26-17-10-12-18(13-11-17)29-15-14-25-2/h3-13,25,27H,14-15H2,1-2H3,(H,26,28). The molecule has 3 aromatic carbocycles. The lowest BCUT2D eigenvalue weighted by Gasteiger charge is -2.15. The fourth-order valence-electron chi connectivity index (χ4n) is 2.78. The number of carbonyl (C=O) groups excluding carboxylic acids is 1. The summed E-state index contributed by atoms with van der Waals surface area (Å²) in [7, 11) is 1.88. The molecule has 0 heterocycles. The van der Waals surface area contributed by atoms with Gasteiger partial charge < -0.3 is 20.7 Å². The molecule has 0 atom stereocenters. The highest BCUT2D eigenvalue weighted by Gasteiger charge is 2.13. The second-order valence-corrected chi connectivity index (χ2v) is 6.92. The molecule has 150 valence electrons. The van der Waals surface area contributed by atoms with Crippen molar-refractivity contribution in [2.45, 2.75) is 6.92 Å². The number of carbonyl (C=O) groups is 1. The van der Waals surface area contributed by atoms with Crippen molar-refractivity contribution < 1.29 is 9.53 Å². The second-order valence-electron chi connectivity index (χ2n) is 6.51. The first-order valence-electron chi connectivity index (χ1n) is 9.38. The van der Waals surface area contributed by atoms with Crippen molar-refractivity contribution in [2.75, 3.05) is 30.8 Å². The third-order valence-electron chi connectivity index (χ3n) is 4.44. The zero-order chi connectivity index (χ0) is 20.6. The maximum atomic E-state index is 12.9. The van der Waals surface area contributed by atoms with Gasteiger partial charge in [0.15, 0.2) is 0 Å². The molecule has 3 rings (SSSR count). The average Bonchev–Trinajstić information content (AvgIpc) is 2.73. The Morgan fingerprint density at radius 1 is 0.966 bits per heavy atom. The van der Waals surface area contributed by atoms with Gasteiger partial charge in [-0.3, -0.25) is 4.79 Å². The molecule has 0 radical (unpaired) electrons. The Bertz CT molecular complexity index is 974. The van der Waals surface area contributed by atoms with Crippen LogP contribution in [0.2, 0.25) is 5.02 Å². The zero-order valence-electron chi connectivity index (χ0n) is 16.5. The molecule has 0 spiro atoms. The van der Waals surface area contributed by atoms with Gasteiger partial charge in [-0.15, -0.1) is 0 Å². The molecule has 0 saturated carbocycles. The lowest BCUT2D eigenvalue weighted by Crippen LogP contribution is -2.16. The number of likely N-dealkylation sites (N-methyl/N-ethyl adjacent to an activating group) is 1. The van der Waals surface area contributed by atoms with Crippen LogP contribution in [0.5, 0.6) is 5.75 Å². The number of benzene rings is 3. The van der Waals surface area contributed by atoms with Crippen molar-refractivity contribution in [3.8, 4) is 5.75 Å². The molecule has 0 saturated heterocycles. The summed E-state index contributed by atoms with van der Waals surface area (Å²) in [6.45, 7) is 3.30. The first-order chi connectivity index (χ1) is 14.1. The van der Waals surface area contributed by atoms with E-state index in [1.54, 1.807) is 6.07 Å². The number of ether oxygens (including phenoxy) is 1. The van der Waals surface area contributed by atoms with Gasteiger partial charge in [0.1, 0.15) is 12.4 Å². The van der Waals surface area contributed by atoms with Crippen LogP contribution in [0.25, 0.3) is 0 Å². The number of rotatable bonds is 8. The largest absolute Gasteiger partial charge is 0.492 e. The van der Waals surface area contributed by atoms with Crippen LogP contribution in [0.3, 0.4) is 0 Å². The zero-order valence-corrected chi connectivity index (χ0v) is 17.2. The van der Waals surface area contributed by atoms with Crippen LogP contribution in [0, 0.1) is 6.92 Å².